The third-order valence-electron chi connectivity index (χ3n) is 4.22. The van der Waals surface area contributed by atoms with Gasteiger partial charge in [-0.15, -0.1) is 0 Å². The summed E-state index contributed by atoms with van der Waals surface area (Å²) < 4.78 is 31.7. The normalized spacial score (nSPS) is 16.2. The van der Waals surface area contributed by atoms with E-state index in [9.17, 15) is 8.42 Å². The smallest absolute Gasteiger partial charge is 0.247 e. The molecule has 0 saturated carbocycles. The molecule has 4 heterocycles. The zero-order valence-corrected chi connectivity index (χ0v) is 13.9. The zero-order chi connectivity index (χ0) is 17.4. The van der Waals surface area contributed by atoms with E-state index in [-0.39, 0.29) is 10.7 Å². The molecule has 1 aliphatic heterocycles. The van der Waals surface area contributed by atoms with E-state index in [1.54, 1.807) is 12.3 Å². The predicted octanol–water partition coefficient (Wildman–Crippen LogP) is 0.933. The predicted molar refractivity (Wildman–Crippen MR) is 88.3 cm³/mol. The molecule has 128 valence electrons. The largest absolute Gasteiger partial charge is 0.452 e. The van der Waals surface area contributed by atoms with Gasteiger partial charge in [-0.2, -0.15) is 9.57 Å². The van der Waals surface area contributed by atoms with Gasteiger partial charge in [0.1, 0.15) is 28.8 Å². The molecule has 1 saturated heterocycles. The summed E-state index contributed by atoms with van der Waals surface area (Å²) in [5.74, 6) is 0.594. The number of furan rings is 1. The first-order valence-electron chi connectivity index (χ1n) is 7.62. The number of hydrogen-bond donors (Lipinski definition) is 1. The maximum atomic E-state index is 12.7. The molecule has 0 unspecified atom stereocenters. The molecule has 1 aliphatic rings. The van der Waals surface area contributed by atoms with Gasteiger partial charge in [0.2, 0.25) is 15.8 Å². The fourth-order valence-corrected chi connectivity index (χ4v) is 4.45. The number of nitrogens with one attached hydrogen (secondary N) is 1. The molecule has 0 amide bonds. The summed E-state index contributed by atoms with van der Waals surface area (Å²) in [6.45, 7) is 1.59. The molecule has 0 spiro atoms. The van der Waals surface area contributed by atoms with Crippen molar-refractivity contribution in [2.75, 3.05) is 31.1 Å². The van der Waals surface area contributed by atoms with Crippen LogP contribution in [-0.2, 0) is 10.0 Å². The standard InChI is InChI=1S/C15H14N6O3S/c16-9-12-13(2-8-24-12)25(22,23)21-6-4-20(5-7-21)15-11-1-3-17-14(11)18-10-19-15/h1-3,8,10H,4-7H2,(H,17,18,19). The van der Waals surface area contributed by atoms with E-state index in [1.807, 2.05) is 11.0 Å². The quantitative estimate of drug-likeness (QED) is 0.740. The maximum absolute atomic E-state index is 12.7. The van der Waals surface area contributed by atoms with Crippen LogP contribution >= 0.6 is 0 Å². The fourth-order valence-electron chi connectivity index (χ4n) is 2.97. The highest BCUT2D eigenvalue weighted by Crippen LogP contribution is 2.26. The second kappa shape index (κ2) is 5.87. The summed E-state index contributed by atoms with van der Waals surface area (Å²) in [5, 5.41) is 9.89. The van der Waals surface area contributed by atoms with E-state index in [0.29, 0.717) is 26.2 Å². The molecular weight excluding hydrogens is 344 g/mol. The molecule has 10 heteroatoms. The lowest BCUT2D eigenvalue weighted by Gasteiger charge is -2.34. The Morgan fingerprint density at radius 1 is 1.20 bits per heavy atom. The minimum absolute atomic E-state index is 0.0847. The van der Waals surface area contributed by atoms with Crippen molar-refractivity contribution in [3.63, 3.8) is 0 Å². The van der Waals surface area contributed by atoms with Crippen molar-refractivity contribution in [2.45, 2.75) is 4.90 Å². The van der Waals surface area contributed by atoms with E-state index >= 15 is 0 Å². The number of nitriles is 1. The number of fused-ring (bicyclic) bond motifs is 1. The highest BCUT2D eigenvalue weighted by molar-refractivity contribution is 7.89. The Balaban J connectivity index is 1.56. The summed E-state index contributed by atoms with van der Waals surface area (Å²) in [7, 11) is -3.75. The van der Waals surface area contributed by atoms with Crippen molar-refractivity contribution in [1.29, 1.82) is 5.26 Å². The van der Waals surface area contributed by atoms with Crippen LogP contribution in [0.25, 0.3) is 11.0 Å². The number of aromatic amines is 1. The van der Waals surface area contributed by atoms with Crippen molar-refractivity contribution in [3.05, 3.63) is 36.7 Å². The Bertz CT molecular complexity index is 1060. The van der Waals surface area contributed by atoms with E-state index < -0.39 is 10.0 Å². The van der Waals surface area contributed by atoms with Gasteiger partial charge in [-0.05, 0) is 12.1 Å². The van der Waals surface area contributed by atoms with Crippen molar-refractivity contribution >= 4 is 26.9 Å². The molecule has 9 nitrogen and oxygen atoms in total. The lowest BCUT2D eigenvalue weighted by atomic mass is 10.3. The van der Waals surface area contributed by atoms with Crippen molar-refractivity contribution in [2.24, 2.45) is 0 Å². The molecule has 0 aliphatic carbocycles. The Hall–Kier alpha value is -2.90. The van der Waals surface area contributed by atoms with Gasteiger partial charge in [-0.25, -0.2) is 18.4 Å². The number of nitrogens with zero attached hydrogens (tertiary/aromatic N) is 5. The minimum Gasteiger partial charge on any atom is -0.452 e. The summed E-state index contributed by atoms with van der Waals surface area (Å²) in [6.07, 6.45) is 4.50. The molecule has 0 aromatic carbocycles. The highest BCUT2D eigenvalue weighted by Gasteiger charge is 2.32. The maximum Gasteiger partial charge on any atom is 0.247 e. The molecule has 3 aromatic heterocycles. The van der Waals surface area contributed by atoms with Crippen LogP contribution in [0.3, 0.4) is 0 Å². The summed E-state index contributed by atoms with van der Waals surface area (Å²) >= 11 is 0. The molecular formula is C15H14N6O3S. The van der Waals surface area contributed by atoms with Crippen LogP contribution in [0.5, 0.6) is 0 Å². The summed E-state index contributed by atoms with van der Waals surface area (Å²) in [5.41, 5.74) is 0.747. The van der Waals surface area contributed by atoms with Gasteiger partial charge in [0.25, 0.3) is 0 Å². The molecule has 0 radical (unpaired) electrons. The van der Waals surface area contributed by atoms with Crippen LogP contribution in [0, 0.1) is 11.3 Å². The number of hydrogen-bond acceptors (Lipinski definition) is 7. The molecule has 0 bridgehead atoms. The van der Waals surface area contributed by atoms with E-state index in [1.165, 1.54) is 23.0 Å². The first-order valence-corrected chi connectivity index (χ1v) is 9.06. The monoisotopic (exact) mass is 358 g/mol. The van der Waals surface area contributed by atoms with Gasteiger partial charge in [-0.3, -0.25) is 0 Å². The second-order valence-corrected chi connectivity index (χ2v) is 7.46. The summed E-state index contributed by atoms with van der Waals surface area (Å²) in [6, 6.07) is 4.98. The first-order chi connectivity index (χ1) is 12.1. The first kappa shape index (κ1) is 15.6. The molecule has 3 aromatic rings. The topological polar surface area (TPSA) is 119 Å². The number of H-pyrrole nitrogens is 1. The Morgan fingerprint density at radius 2 is 2.00 bits per heavy atom. The minimum atomic E-state index is -3.75. The third-order valence-corrected chi connectivity index (χ3v) is 6.14. The van der Waals surface area contributed by atoms with Crippen LogP contribution in [0.1, 0.15) is 5.76 Å². The second-order valence-electron chi connectivity index (χ2n) is 5.55. The molecule has 1 N–H and O–H groups in total. The van der Waals surface area contributed by atoms with Crippen LogP contribution in [0.2, 0.25) is 0 Å². The van der Waals surface area contributed by atoms with Gasteiger partial charge in [0, 0.05) is 32.4 Å². The average Bonchev–Trinajstić information content (AvgIpc) is 3.30. The van der Waals surface area contributed by atoms with Crippen LogP contribution in [0.4, 0.5) is 5.82 Å². The SMILES string of the molecule is N#Cc1occc1S(=O)(=O)N1CCN(c2ncnc3[nH]ccc23)CC1. The van der Waals surface area contributed by atoms with Gasteiger partial charge < -0.3 is 14.3 Å². The lowest BCUT2D eigenvalue weighted by Crippen LogP contribution is -2.49. The number of anilines is 1. The van der Waals surface area contributed by atoms with Gasteiger partial charge in [0.15, 0.2) is 0 Å². The number of rotatable bonds is 3. The average molecular weight is 358 g/mol. The number of piperazine rings is 1. The van der Waals surface area contributed by atoms with Gasteiger partial charge >= 0.3 is 0 Å². The highest BCUT2D eigenvalue weighted by atomic mass is 32.2. The molecule has 1 fully saturated rings. The van der Waals surface area contributed by atoms with Crippen molar-refractivity contribution in [3.8, 4) is 6.07 Å². The van der Waals surface area contributed by atoms with Crippen molar-refractivity contribution in [1.82, 2.24) is 19.3 Å². The van der Waals surface area contributed by atoms with Crippen LogP contribution in [-0.4, -0.2) is 53.9 Å². The Kier molecular flexibility index (Phi) is 3.67. The fraction of sp³-hybridized carbons (Fsp3) is 0.267. The molecule has 4 rings (SSSR count). The van der Waals surface area contributed by atoms with E-state index in [4.69, 9.17) is 9.68 Å². The van der Waals surface area contributed by atoms with E-state index in [2.05, 4.69) is 15.0 Å². The summed E-state index contributed by atoms with van der Waals surface area (Å²) in [4.78, 5) is 13.5. The zero-order valence-electron chi connectivity index (χ0n) is 13.1. The number of sulfonamides is 1. The van der Waals surface area contributed by atoms with Gasteiger partial charge in [0.05, 0.1) is 11.6 Å². The van der Waals surface area contributed by atoms with E-state index in [0.717, 1.165) is 16.9 Å². The lowest BCUT2D eigenvalue weighted by molar-refractivity contribution is 0.383. The number of aromatic nitrogens is 3. The third kappa shape index (κ3) is 2.54. The Labute approximate surface area is 143 Å². The van der Waals surface area contributed by atoms with Crippen LogP contribution in [0.15, 0.2) is 40.2 Å². The van der Waals surface area contributed by atoms with Crippen LogP contribution < -0.4 is 4.90 Å². The van der Waals surface area contributed by atoms with Gasteiger partial charge in [-0.1, -0.05) is 0 Å². The molecule has 0 atom stereocenters. The molecule has 25 heavy (non-hydrogen) atoms. The Morgan fingerprint density at radius 3 is 2.76 bits per heavy atom. The van der Waals surface area contributed by atoms with Crippen molar-refractivity contribution < 1.29 is 12.8 Å².